The first-order valence-electron chi connectivity index (χ1n) is 8.86. The van der Waals surface area contributed by atoms with Gasteiger partial charge in [0, 0.05) is 32.2 Å². The first-order valence-corrected chi connectivity index (χ1v) is 8.86. The second kappa shape index (κ2) is 7.93. The molecule has 1 aromatic carbocycles. The van der Waals surface area contributed by atoms with Crippen molar-refractivity contribution >= 4 is 16.8 Å². The molecule has 1 unspecified atom stereocenters. The highest BCUT2D eigenvalue weighted by Gasteiger charge is 2.24. The van der Waals surface area contributed by atoms with Crippen LogP contribution in [0.2, 0.25) is 0 Å². The van der Waals surface area contributed by atoms with Crippen LogP contribution in [0.3, 0.4) is 0 Å². The minimum atomic E-state index is 0.000885. The van der Waals surface area contributed by atoms with Crippen LogP contribution >= 0.6 is 0 Å². The molecule has 0 saturated carbocycles. The molecule has 0 radical (unpaired) electrons. The van der Waals surface area contributed by atoms with Gasteiger partial charge in [-0.3, -0.25) is 9.78 Å². The lowest BCUT2D eigenvalue weighted by Gasteiger charge is -2.26. The molecule has 1 aliphatic rings. The van der Waals surface area contributed by atoms with E-state index in [4.69, 9.17) is 9.47 Å². The third-order valence-electron chi connectivity index (χ3n) is 4.69. The maximum Gasteiger partial charge on any atom is 0.255 e. The average Bonchev–Trinajstić information content (AvgIpc) is 3.11. The summed E-state index contributed by atoms with van der Waals surface area (Å²) in [6.45, 7) is 6.40. The summed E-state index contributed by atoms with van der Waals surface area (Å²) in [5.41, 5.74) is 3.50. The van der Waals surface area contributed by atoms with Crippen molar-refractivity contribution in [2.75, 3.05) is 33.4 Å². The number of fused-ring (bicyclic) bond motifs is 1. The Hall–Kier alpha value is -1.98. The molecule has 0 aliphatic carbocycles. The van der Waals surface area contributed by atoms with Crippen LogP contribution in [0, 0.1) is 13.8 Å². The molecule has 5 heteroatoms. The number of ether oxygens (including phenoxy) is 2. The molecule has 0 bridgehead atoms. The Morgan fingerprint density at radius 3 is 2.92 bits per heavy atom. The van der Waals surface area contributed by atoms with Crippen molar-refractivity contribution in [3.05, 3.63) is 41.1 Å². The fraction of sp³-hybridized carbons (Fsp3) is 0.500. The number of hydrogen-bond donors (Lipinski definition) is 0. The Labute approximate surface area is 148 Å². The molecular weight excluding hydrogens is 316 g/mol. The van der Waals surface area contributed by atoms with Crippen LogP contribution in [-0.2, 0) is 9.47 Å². The first kappa shape index (κ1) is 17.8. The van der Waals surface area contributed by atoms with Gasteiger partial charge in [0.05, 0.1) is 29.5 Å². The Kier molecular flexibility index (Phi) is 5.66. The van der Waals surface area contributed by atoms with Gasteiger partial charge in [0.15, 0.2) is 0 Å². The molecule has 1 amide bonds. The average molecular weight is 342 g/mol. The summed E-state index contributed by atoms with van der Waals surface area (Å²) in [6.07, 6.45) is 2.19. The van der Waals surface area contributed by atoms with Crippen LogP contribution in [0.15, 0.2) is 24.3 Å². The normalized spacial score (nSPS) is 17.2. The van der Waals surface area contributed by atoms with E-state index in [1.54, 1.807) is 7.11 Å². The molecule has 1 aromatic heterocycles. The summed E-state index contributed by atoms with van der Waals surface area (Å²) >= 11 is 0. The van der Waals surface area contributed by atoms with Gasteiger partial charge in [-0.2, -0.15) is 0 Å². The van der Waals surface area contributed by atoms with Gasteiger partial charge in [-0.1, -0.05) is 11.6 Å². The topological polar surface area (TPSA) is 51.7 Å². The number of amides is 1. The van der Waals surface area contributed by atoms with Crippen LogP contribution in [0.4, 0.5) is 0 Å². The van der Waals surface area contributed by atoms with E-state index in [2.05, 4.69) is 11.1 Å². The number of pyridine rings is 1. The minimum absolute atomic E-state index is 0.000885. The number of benzene rings is 1. The Morgan fingerprint density at radius 1 is 1.36 bits per heavy atom. The summed E-state index contributed by atoms with van der Waals surface area (Å²) in [6, 6.07) is 8.07. The maximum absolute atomic E-state index is 13.2. The number of hydrogen-bond acceptors (Lipinski definition) is 4. The lowest BCUT2D eigenvalue weighted by atomic mass is 10.1. The Balaban J connectivity index is 1.88. The monoisotopic (exact) mass is 342 g/mol. The molecule has 134 valence electrons. The summed E-state index contributed by atoms with van der Waals surface area (Å²) in [7, 11) is 1.65. The van der Waals surface area contributed by atoms with Gasteiger partial charge >= 0.3 is 0 Å². The Morgan fingerprint density at radius 2 is 2.20 bits per heavy atom. The van der Waals surface area contributed by atoms with E-state index in [0.29, 0.717) is 25.3 Å². The summed E-state index contributed by atoms with van der Waals surface area (Å²) in [5.74, 6) is 0.000885. The van der Waals surface area contributed by atoms with Crippen LogP contribution in [0.5, 0.6) is 0 Å². The highest BCUT2D eigenvalue weighted by molar-refractivity contribution is 5.98. The molecule has 5 nitrogen and oxygen atoms in total. The molecule has 2 heterocycles. The third kappa shape index (κ3) is 4.17. The smallest absolute Gasteiger partial charge is 0.255 e. The van der Waals surface area contributed by atoms with Crippen molar-refractivity contribution in [2.45, 2.75) is 32.8 Å². The third-order valence-corrected chi connectivity index (χ3v) is 4.69. The van der Waals surface area contributed by atoms with Gasteiger partial charge in [-0.05, 0) is 44.9 Å². The van der Waals surface area contributed by atoms with Crippen LogP contribution < -0.4 is 0 Å². The first-order chi connectivity index (χ1) is 12.1. The van der Waals surface area contributed by atoms with E-state index in [-0.39, 0.29) is 12.0 Å². The maximum atomic E-state index is 13.2. The fourth-order valence-corrected chi connectivity index (χ4v) is 3.29. The summed E-state index contributed by atoms with van der Waals surface area (Å²) in [4.78, 5) is 19.6. The summed E-state index contributed by atoms with van der Waals surface area (Å²) in [5, 5.41) is 0.998. The van der Waals surface area contributed by atoms with Gasteiger partial charge < -0.3 is 14.4 Å². The van der Waals surface area contributed by atoms with Crippen molar-refractivity contribution < 1.29 is 14.3 Å². The van der Waals surface area contributed by atoms with Gasteiger partial charge in [0.1, 0.15) is 0 Å². The van der Waals surface area contributed by atoms with Gasteiger partial charge in [-0.15, -0.1) is 0 Å². The molecule has 1 fully saturated rings. The molecule has 0 N–H and O–H groups in total. The molecular formula is C20H26N2O3. The largest absolute Gasteiger partial charge is 0.383 e. The van der Waals surface area contributed by atoms with Crippen molar-refractivity contribution in [3.8, 4) is 0 Å². The number of methoxy groups -OCH3 is 1. The van der Waals surface area contributed by atoms with Crippen molar-refractivity contribution in [2.24, 2.45) is 0 Å². The lowest BCUT2D eigenvalue weighted by molar-refractivity contribution is 0.0455. The van der Waals surface area contributed by atoms with Crippen molar-refractivity contribution in [1.82, 2.24) is 9.88 Å². The zero-order valence-electron chi connectivity index (χ0n) is 15.2. The predicted molar refractivity (Wildman–Crippen MR) is 98.0 cm³/mol. The molecule has 25 heavy (non-hydrogen) atoms. The zero-order chi connectivity index (χ0) is 17.8. The van der Waals surface area contributed by atoms with Gasteiger partial charge in [-0.25, -0.2) is 0 Å². The second-order valence-electron chi connectivity index (χ2n) is 6.70. The van der Waals surface area contributed by atoms with Gasteiger partial charge in [0.25, 0.3) is 5.91 Å². The number of carbonyl (C=O) groups excluding carboxylic acids is 1. The van der Waals surface area contributed by atoms with Crippen molar-refractivity contribution in [3.63, 3.8) is 0 Å². The van der Waals surface area contributed by atoms with Crippen LogP contribution in [0.1, 0.15) is 34.5 Å². The number of aryl methyl sites for hydroxylation is 2. The van der Waals surface area contributed by atoms with E-state index in [0.717, 1.165) is 41.6 Å². The SMILES string of the molecule is COCCN(CC1CCCO1)C(=O)c1cc2cc(C)ccc2nc1C. The quantitative estimate of drug-likeness (QED) is 0.809. The molecule has 3 rings (SSSR count). The number of carbonyl (C=O) groups is 1. The number of aromatic nitrogens is 1. The molecule has 1 atom stereocenters. The van der Waals surface area contributed by atoms with E-state index >= 15 is 0 Å². The predicted octanol–water partition coefficient (Wildman–Crippen LogP) is 3.12. The summed E-state index contributed by atoms with van der Waals surface area (Å²) < 4.78 is 10.9. The van der Waals surface area contributed by atoms with E-state index in [1.807, 2.05) is 36.9 Å². The second-order valence-corrected chi connectivity index (χ2v) is 6.70. The van der Waals surface area contributed by atoms with E-state index < -0.39 is 0 Å². The fourth-order valence-electron chi connectivity index (χ4n) is 3.29. The van der Waals surface area contributed by atoms with Crippen LogP contribution in [-0.4, -0.2) is 55.3 Å². The standard InChI is InChI=1S/C20H26N2O3/c1-14-6-7-19-16(11-14)12-18(15(2)21-19)20(23)22(8-10-24-3)13-17-5-4-9-25-17/h6-7,11-12,17H,4-5,8-10,13H2,1-3H3. The zero-order valence-corrected chi connectivity index (χ0v) is 15.2. The lowest BCUT2D eigenvalue weighted by Crippen LogP contribution is -2.39. The highest BCUT2D eigenvalue weighted by atomic mass is 16.5. The van der Waals surface area contributed by atoms with Crippen molar-refractivity contribution in [1.29, 1.82) is 0 Å². The molecule has 0 spiro atoms. The van der Waals surface area contributed by atoms with Gasteiger partial charge in [0.2, 0.25) is 0 Å². The number of rotatable bonds is 6. The molecule has 1 aliphatic heterocycles. The Bertz CT molecular complexity index is 754. The number of nitrogens with zero attached hydrogens (tertiary/aromatic N) is 2. The highest BCUT2D eigenvalue weighted by Crippen LogP contribution is 2.21. The van der Waals surface area contributed by atoms with E-state index in [9.17, 15) is 4.79 Å². The van der Waals surface area contributed by atoms with E-state index in [1.165, 1.54) is 0 Å². The minimum Gasteiger partial charge on any atom is -0.383 e. The molecule has 2 aromatic rings. The molecule has 1 saturated heterocycles. The van der Waals surface area contributed by atoms with Crippen LogP contribution in [0.25, 0.3) is 10.9 Å².